The number of nitrogens with zero attached hydrogens (tertiary/aromatic N) is 1. The molecule has 1 atom stereocenters. The molecule has 0 amide bonds. The Morgan fingerprint density at radius 1 is 1.40 bits per heavy atom. The molecule has 2 nitrogen and oxygen atoms in total. The molecule has 1 aromatic rings. The number of morpholine rings is 1. The van der Waals surface area contributed by atoms with E-state index in [9.17, 15) is 0 Å². The first kappa shape index (κ1) is 10.2. The Balaban J connectivity index is 2.11. The van der Waals surface area contributed by atoms with E-state index in [2.05, 4.69) is 42.7 Å². The van der Waals surface area contributed by atoms with Crippen LogP contribution < -0.4 is 4.90 Å². The van der Waals surface area contributed by atoms with Crippen LogP contribution >= 0.6 is 0 Å². The Hall–Kier alpha value is -1.28. The summed E-state index contributed by atoms with van der Waals surface area (Å²) in [6.45, 7) is 8.65. The van der Waals surface area contributed by atoms with E-state index >= 15 is 0 Å². The van der Waals surface area contributed by atoms with Gasteiger partial charge in [-0.15, -0.1) is 0 Å². The molecule has 2 heteroatoms. The zero-order valence-electron chi connectivity index (χ0n) is 9.15. The molecule has 0 aromatic heterocycles. The van der Waals surface area contributed by atoms with Crippen molar-refractivity contribution in [1.82, 2.24) is 0 Å². The highest BCUT2D eigenvalue weighted by Crippen LogP contribution is 2.18. The summed E-state index contributed by atoms with van der Waals surface area (Å²) in [6.07, 6.45) is 2.20. The van der Waals surface area contributed by atoms with E-state index in [1.807, 2.05) is 6.08 Å². The van der Waals surface area contributed by atoms with Gasteiger partial charge in [0, 0.05) is 18.8 Å². The third kappa shape index (κ3) is 2.39. The van der Waals surface area contributed by atoms with Crippen LogP contribution in [0.5, 0.6) is 0 Å². The van der Waals surface area contributed by atoms with Crippen LogP contribution in [-0.2, 0) is 4.74 Å². The molecule has 1 aliphatic heterocycles. The Kier molecular flexibility index (Phi) is 3.07. The molecule has 0 spiro atoms. The summed E-state index contributed by atoms with van der Waals surface area (Å²) < 4.78 is 5.52. The molecule has 0 aliphatic carbocycles. The van der Waals surface area contributed by atoms with Crippen LogP contribution in [0.3, 0.4) is 0 Å². The second-order valence-electron chi connectivity index (χ2n) is 3.92. The Labute approximate surface area is 91.2 Å². The molecule has 0 radical (unpaired) electrons. The van der Waals surface area contributed by atoms with Crippen molar-refractivity contribution in [2.75, 3.05) is 24.6 Å². The molecular weight excluding hydrogens is 186 g/mol. The predicted molar refractivity (Wildman–Crippen MR) is 64.2 cm³/mol. The summed E-state index contributed by atoms with van der Waals surface area (Å²) in [5, 5.41) is 0. The van der Waals surface area contributed by atoms with Crippen LogP contribution in [0.4, 0.5) is 5.69 Å². The average Bonchev–Trinajstić information content (AvgIpc) is 2.29. The van der Waals surface area contributed by atoms with Gasteiger partial charge in [0.15, 0.2) is 0 Å². The van der Waals surface area contributed by atoms with E-state index in [1.54, 1.807) is 0 Å². The summed E-state index contributed by atoms with van der Waals surface area (Å²) >= 11 is 0. The predicted octanol–water partition coefficient (Wildman–Crippen LogP) is 2.55. The second-order valence-corrected chi connectivity index (χ2v) is 3.92. The fourth-order valence-corrected chi connectivity index (χ4v) is 1.87. The van der Waals surface area contributed by atoms with Crippen molar-refractivity contribution >= 4 is 11.8 Å². The van der Waals surface area contributed by atoms with E-state index in [0.29, 0.717) is 6.10 Å². The van der Waals surface area contributed by atoms with Gasteiger partial charge >= 0.3 is 0 Å². The van der Waals surface area contributed by atoms with Crippen molar-refractivity contribution in [3.8, 4) is 0 Å². The van der Waals surface area contributed by atoms with Gasteiger partial charge in [0.2, 0.25) is 0 Å². The average molecular weight is 203 g/mol. The highest BCUT2D eigenvalue weighted by molar-refractivity contribution is 5.55. The van der Waals surface area contributed by atoms with Crippen molar-refractivity contribution in [2.45, 2.75) is 13.0 Å². The number of anilines is 1. The largest absolute Gasteiger partial charge is 0.375 e. The minimum Gasteiger partial charge on any atom is -0.375 e. The minimum atomic E-state index is 0.331. The van der Waals surface area contributed by atoms with Crippen molar-refractivity contribution < 1.29 is 4.74 Å². The topological polar surface area (TPSA) is 12.5 Å². The van der Waals surface area contributed by atoms with Crippen molar-refractivity contribution in [3.05, 3.63) is 36.4 Å². The summed E-state index contributed by atoms with van der Waals surface area (Å²) in [6, 6.07) is 8.50. The summed E-state index contributed by atoms with van der Waals surface area (Å²) in [4.78, 5) is 2.36. The molecular formula is C13H17NO. The monoisotopic (exact) mass is 203 g/mol. The first-order chi connectivity index (χ1) is 7.29. The highest BCUT2D eigenvalue weighted by Gasteiger charge is 2.16. The Bertz CT molecular complexity index is 331. The van der Waals surface area contributed by atoms with Gasteiger partial charge < -0.3 is 9.64 Å². The SMILES string of the molecule is C=Cc1ccc(N2CCO[C@@H](C)C2)cc1. The number of hydrogen-bond acceptors (Lipinski definition) is 2. The van der Waals surface area contributed by atoms with E-state index in [-0.39, 0.29) is 0 Å². The van der Waals surface area contributed by atoms with Gasteiger partial charge in [-0.1, -0.05) is 24.8 Å². The zero-order chi connectivity index (χ0) is 10.7. The van der Waals surface area contributed by atoms with Gasteiger partial charge in [0.05, 0.1) is 12.7 Å². The maximum absolute atomic E-state index is 5.52. The molecule has 0 unspecified atom stereocenters. The lowest BCUT2D eigenvalue weighted by molar-refractivity contribution is 0.0532. The van der Waals surface area contributed by atoms with Gasteiger partial charge in [-0.2, -0.15) is 0 Å². The lowest BCUT2D eigenvalue weighted by Gasteiger charge is -2.32. The number of rotatable bonds is 2. The first-order valence-corrected chi connectivity index (χ1v) is 5.38. The van der Waals surface area contributed by atoms with Crippen molar-refractivity contribution in [3.63, 3.8) is 0 Å². The first-order valence-electron chi connectivity index (χ1n) is 5.38. The van der Waals surface area contributed by atoms with Crippen LogP contribution in [-0.4, -0.2) is 25.8 Å². The van der Waals surface area contributed by atoms with Crippen LogP contribution in [0.1, 0.15) is 12.5 Å². The molecule has 2 rings (SSSR count). The van der Waals surface area contributed by atoms with Gasteiger partial charge in [-0.05, 0) is 24.6 Å². The molecule has 0 saturated carbocycles. The van der Waals surface area contributed by atoms with E-state index < -0.39 is 0 Å². The van der Waals surface area contributed by atoms with Gasteiger partial charge in [-0.25, -0.2) is 0 Å². The fourth-order valence-electron chi connectivity index (χ4n) is 1.87. The number of benzene rings is 1. The molecule has 1 heterocycles. The summed E-state index contributed by atoms with van der Waals surface area (Å²) in [7, 11) is 0. The number of ether oxygens (including phenoxy) is 1. The van der Waals surface area contributed by atoms with Gasteiger partial charge in [0.1, 0.15) is 0 Å². The van der Waals surface area contributed by atoms with Crippen molar-refractivity contribution in [1.29, 1.82) is 0 Å². The molecule has 1 aliphatic rings. The maximum atomic E-state index is 5.52. The third-order valence-corrected chi connectivity index (χ3v) is 2.74. The summed E-state index contributed by atoms with van der Waals surface area (Å²) in [5.74, 6) is 0. The van der Waals surface area contributed by atoms with Crippen molar-refractivity contribution in [2.24, 2.45) is 0 Å². The standard InChI is InChI=1S/C13H17NO/c1-3-12-4-6-13(7-5-12)14-8-9-15-11(2)10-14/h3-7,11H,1,8-10H2,2H3/t11-/m0/s1. The molecule has 1 saturated heterocycles. The highest BCUT2D eigenvalue weighted by atomic mass is 16.5. The minimum absolute atomic E-state index is 0.331. The molecule has 1 aromatic carbocycles. The van der Waals surface area contributed by atoms with E-state index in [4.69, 9.17) is 4.74 Å². The Morgan fingerprint density at radius 2 is 2.13 bits per heavy atom. The lowest BCUT2D eigenvalue weighted by Crippen LogP contribution is -2.41. The normalized spacial score (nSPS) is 21.4. The Morgan fingerprint density at radius 3 is 2.73 bits per heavy atom. The van der Waals surface area contributed by atoms with Gasteiger partial charge in [-0.3, -0.25) is 0 Å². The van der Waals surface area contributed by atoms with Crippen LogP contribution in [0.25, 0.3) is 6.08 Å². The molecule has 0 bridgehead atoms. The summed E-state index contributed by atoms with van der Waals surface area (Å²) in [5.41, 5.74) is 2.44. The van der Waals surface area contributed by atoms with E-state index in [1.165, 1.54) is 11.3 Å². The van der Waals surface area contributed by atoms with E-state index in [0.717, 1.165) is 19.7 Å². The molecule has 80 valence electrons. The molecule has 1 fully saturated rings. The smallest absolute Gasteiger partial charge is 0.0722 e. The molecule has 0 N–H and O–H groups in total. The fraction of sp³-hybridized carbons (Fsp3) is 0.385. The quantitative estimate of drug-likeness (QED) is 0.732. The van der Waals surface area contributed by atoms with Crippen LogP contribution in [0.15, 0.2) is 30.8 Å². The van der Waals surface area contributed by atoms with Crippen LogP contribution in [0, 0.1) is 0 Å². The third-order valence-electron chi connectivity index (χ3n) is 2.74. The lowest BCUT2D eigenvalue weighted by atomic mass is 10.2. The molecule has 15 heavy (non-hydrogen) atoms. The van der Waals surface area contributed by atoms with Gasteiger partial charge in [0.25, 0.3) is 0 Å². The van der Waals surface area contributed by atoms with Crippen LogP contribution in [0.2, 0.25) is 0 Å². The maximum Gasteiger partial charge on any atom is 0.0722 e. The second kappa shape index (κ2) is 4.49. The zero-order valence-corrected chi connectivity index (χ0v) is 9.15. The number of hydrogen-bond donors (Lipinski definition) is 0.